The van der Waals surface area contributed by atoms with Crippen molar-refractivity contribution in [2.24, 2.45) is 11.8 Å². The minimum Gasteiger partial charge on any atom is -0.497 e. The number of methoxy groups -OCH3 is 1. The molecular weight excluding hydrogens is 396 g/mol. The first-order valence-electron chi connectivity index (χ1n) is 10.5. The van der Waals surface area contributed by atoms with E-state index in [0.29, 0.717) is 29.8 Å². The van der Waals surface area contributed by atoms with E-state index in [4.69, 9.17) is 4.74 Å². The zero-order chi connectivity index (χ0) is 22.0. The lowest BCUT2D eigenvalue weighted by Crippen LogP contribution is -2.39. The van der Waals surface area contributed by atoms with E-state index < -0.39 is 0 Å². The van der Waals surface area contributed by atoms with E-state index in [-0.39, 0.29) is 18.1 Å². The third-order valence-electron chi connectivity index (χ3n) is 5.59. The van der Waals surface area contributed by atoms with E-state index in [1.165, 1.54) is 15.5 Å². The van der Waals surface area contributed by atoms with E-state index in [9.17, 15) is 9.59 Å². The fourth-order valence-corrected chi connectivity index (χ4v) is 4.23. The number of hydrogen-bond acceptors (Lipinski definition) is 6. The van der Waals surface area contributed by atoms with E-state index in [1.54, 1.807) is 19.5 Å². The van der Waals surface area contributed by atoms with Crippen LogP contribution in [0, 0.1) is 11.8 Å². The van der Waals surface area contributed by atoms with E-state index >= 15 is 0 Å². The number of carbonyl (C=O) groups is 1. The van der Waals surface area contributed by atoms with Gasteiger partial charge in [-0.15, -0.1) is 5.10 Å². The van der Waals surface area contributed by atoms with Gasteiger partial charge in [0.1, 0.15) is 12.3 Å². The molecule has 9 nitrogen and oxygen atoms in total. The molecule has 1 amide bonds. The number of ether oxygens (including phenoxy) is 1. The highest BCUT2D eigenvalue weighted by Gasteiger charge is 2.25. The summed E-state index contributed by atoms with van der Waals surface area (Å²) in [6, 6.07) is 7.44. The highest BCUT2D eigenvalue weighted by Crippen LogP contribution is 2.26. The number of nitrogens with one attached hydrogen (secondary N) is 1. The van der Waals surface area contributed by atoms with Gasteiger partial charge in [-0.25, -0.2) is 18.9 Å². The van der Waals surface area contributed by atoms with Crippen molar-refractivity contribution in [3.63, 3.8) is 0 Å². The Balaban J connectivity index is 1.49. The maximum absolute atomic E-state index is 12.8. The van der Waals surface area contributed by atoms with Crippen molar-refractivity contribution in [2.75, 3.05) is 25.1 Å². The van der Waals surface area contributed by atoms with Gasteiger partial charge < -0.3 is 15.0 Å². The van der Waals surface area contributed by atoms with Gasteiger partial charge in [-0.2, -0.15) is 0 Å². The second-order valence-electron chi connectivity index (χ2n) is 8.36. The number of rotatable bonds is 6. The van der Waals surface area contributed by atoms with Gasteiger partial charge in [-0.1, -0.05) is 26.0 Å². The number of nitrogens with zero attached hydrogens (tertiary/aromatic N) is 5. The minimum absolute atomic E-state index is 0.150. The van der Waals surface area contributed by atoms with Gasteiger partial charge in [-0.3, -0.25) is 4.79 Å². The summed E-state index contributed by atoms with van der Waals surface area (Å²) < 4.78 is 7.79. The molecule has 2 aromatic heterocycles. The van der Waals surface area contributed by atoms with Crippen LogP contribution < -0.4 is 20.6 Å². The lowest BCUT2D eigenvalue weighted by molar-refractivity contribution is -0.122. The van der Waals surface area contributed by atoms with E-state index in [2.05, 4.69) is 34.1 Å². The van der Waals surface area contributed by atoms with Crippen molar-refractivity contribution < 1.29 is 9.53 Å². The second kappa shape index (κ2) is 8.79. The first kappa shape index (κ1) is 20.9. The standard InChI is InChI=1S/C22H28N6O3/c1-15-10-16(2)13-26(12-15)20-21-25-28(22(30)27(21)9-8-23-20)14-19(29)24-11-17-4-6-18(31-3)7-5-17/h4-9,15-16H,10-14H2,1-3H3,(H,24,29). The molecule has 0 radical (unpaired) electrons. The summed E-state index contributed by atoms with van der Waals surface area (Å²) in [7, 11) is 1.61. The third-order valence-corrected chi connectivity index (χ3v) is 5.59. The monoisotopic (exact) mass is 424 g/mol. The fourth-order valence-electron chi connectivity index (χ4n) is 4.23. The Morgan fingerprint density at radius 3 is 2.58 bits per heavy atom. The quantitative estimate of drug-likeness (QED) is 0.647. The maximum Gasteiger partial charge on any atom is 0.350 e. The maximum atomic E-state index is 12.8. The molecule has 31 heavy (non-hydrogen) atoms. The minimum atomic E-state index is -0.351. The normalized spacial score (nSPS) is 18.9. The number of benzene rings is 1. The first-order chi connectivity index (χ1) is 14.9. The molecule has 0 spiro atoms. The number of fused-ring (bicyclic) bond motifs is 1. The van der Waals surface area contributed by atoms with Crippen LogP contribution in [0.15, 0.2) is 41.5 Å². The van der Waals surface area contributed by atoms with Crippen LogP contribution in [-0.4, -0.2) is 45.3 Å². The summed E-state index contributed by atoms with van der Waals surface area (Å²) in [5.41, 5.74) is 1.07. The molecule has 0 saturated carbocycles. The molecule has 1 aromatic carbocycles. The summed E-state index contributed by atoms with van der Waals surface area (Å²) >= 11 is 0. The molecule has 9 heteroatoms. The largest absolute Gasteiger partial charge is 0.497 e. The van der Waals surface area contributed by atoms with Gasteiger partial charge in [0.05, 0.1) is 7.11 Å². The number of carbonyl (C=O) groups excluding carboxylic acids is 1. The van der Waals surface area contributed by atoms with Crippen LogP contribution in [-0.2, 0) is 17.9 Å². The van der Waals surface area contributed by atoms with Crippen LogP contribution in [0.4, 0.5) is 5.82 Å². The fraction of sp³-hybridized carbons (Fsp3) is 0.455. The zero-order valence-electron chi connectivity index (χ0n) is 18.1. The number of aromatic nitrogens is 4. The highest BCUT2D eigenvalue weighted by atomic mass is 16.5. The van der Waals surface area contributed by atoms with Crippen LogP contribution >= 0.6 is 0 Å². The van der Waals surface area contributed by atoms with E-state index in [1.807, 2.05) is 24.3 Å². The Labute approximate surface area is 180 Å². The Morgan fingerprint density at radius 2 is 1.90 bits per heavy atom. The molecule has 0 aliphatic carbocycles. The molecule has 4 rings (SSSR count). The summed E-state index contributed by atoms with van der Waals surface area (Å²) in [6.45, 7) is 6.41. The average molecular weight is 425 g/mol. The smallest absolute Gasteiger partial charge is 0.350 e. The molecule has 2 atom stereocenters. The van der Waals surface area contributed by atoms with Crippen LogP contribution in [0.25, 0.3) is 5.65 Å². The predicted octanol–water partition coefficient (Wildman–Crippen LogP) is 1.70. The summed E-state index contributed by atoms with van der Waals surface area (Å²) in [5, 5.41) is 7.27. The van der Waals surface area contributed by atoms with Gasteiger partial charge in [0.15, 0.2) is 5.82 Å². The molecule has 2 unspecified atom stereocenters. The topological polar surface area (TPSA) is 93.8 Å². The van der Waals surface area contributed by atoms with Crippen molar-refractivity contribution in [3.8, 4) is 5.75 Å². The number of piperidine rings is 1. The number of hydrogen-bond donors (Lipinski definition) is 1. The molecule has 3 aromatic rings. The first-order valence-corrected chi connectivity index (χ1v) is 10.5. The van der Waals surface area contributed by atoms with Gasteiger partial charge in [0.2, 0.25) is 11.6 Å². The lowest BCUT2D eigenvalue weighted by atomic mass is 9.92. The summed E-state index contributed by atoms with van der Waals surface area (Å²) in [4.78, 5) is 31.9. The molecule has 1 fully saturated rings. The molecule has 3 heterocycles. The lowest BCUT2D eigenvalue weighted by Gasteiger charge is -2.35. The van der Waals surface area contributed by atoms with Crippen LogP contribution in [0.5, 0.6) is 5.75 Å². The number of anilines is 1. The molecule has 1 aliphatic rings. The molecule has 1 N–H and O–H groups in total. The summed E-state index contributed by atoms with van der Waals surface area (Å²) in [6.07, 6.45) is 4.38. The number of amides is 1. The van der Waals surface area contributed by atoms with Gasteiger partial charge in [0, 0.05) is 32.0 Å². The Kier molecular flexibility index (Phi) is 5.92. The summed E-state index contributed by atoms with van der Waals surface area (Å²) in [5.74, 6) is 2.26. The van der Waals surface area contributed by atoms with Crippen LogP contribution in [0.2, 0.25) is 0 Å². The second-order valence-corrected chi connectivity index (χ2v) is 8.36. The van der Waals surface area contributed by atoms with Crippen molar-refractivity contribution in [2.45, 2.75) is 33.4 Å². The Morgan fingerprint density at radius 1 is 1.19 bits per heavy atom. The predicted molar refractivity (Wildman–Crippen MR) is 117 cm³/mol. The molecule has 1 aliphatic heterocycles. The highest BCUT2D eigenvalue weighted by molar-refractivity contribution is 5.75. The Hall–Kier alpha value is -3.36. The Bertz CT molecular complexity index is 1110. The van der Waals surface area contributed by atoms with Crippen molar-refractivity contribution in [1.82, 2.24) is 24.5 Å². The van der Waals surface area contributed by atoms with Crippen LogP contribution in [0.3, 0.4) is 0 Å². The van der Waals surface area contributed by atoms with Crippen molar-refractivity contribution in [1.29, 1.82) is 0 Å². The van der Waals surface area contributed by atoms with E-state index in [0.717, 1.165) is 24.4 Å². The molecule has 1 saturated heterocycles. The molecule has 0 bridgehead atoms. The molecule has 164 valence electrons. The van der Waals surface area contributed by atoms with Crippen LogP contribution in [0.1, 0.15) is 25.8 Å². The average Bonchev–Trinajstić information content (AvgIpc) is 3.07. The van der Waals surface area contributed by atoms with Gasteiger partial charge in [-0.05, 0) is 36.0 Å². The third kappa shape index (κ3) is 4.55. The van der Waals surface area contributed by atoms with Crippen molar-refractivity contribution in [3.05, 3.63) is 52.7 Å². The van der Waals surface area contributed by atoms with Gasteiger partial charge in [0.25, 0.3) is 0 Å². The SMILES string of the molecule is COc1ccc(CNC(=O)Cn2nc3c(N4CC(C)CC(C)C4)nccn3c2=O)cc1. The molecular formula is C22H28N6O3. The van der Waals surface area contributed by atoms with Gasteiger partial charge >= 0.3 is 5.69 Å². The zero-order valence-corrected chi connectivity index (χ0v) is 18.1. The van der Waals surface area contributed by atoms with Crippen molar-refractivity contribution >= 4 is 17.4 Å².